The van der Waals surface area contributed by atoms with Gasteiger partial charge in [0.2, 0.25) is 0 Å². The highest BCUT2D eigenvalue weighted by molar-refractivity contribution is 14.0. The third-order valence-electron chi connectivity index (χ3n) is 4.29. The van der Waals surface area contributed by atoms with Crippen molar-refractivity contribution in [2.75, 3.05) is 33.4 Å². The molecule has 1 rings (SSSR count). The first-order chi connectivity index (χ1) is 12.6. The zero-order valence-electron chi connectivity index (χ0n) is 17.3. The van der Waals surface area contributed by atoms with Crippen molar-refractivity contribution >= 4 is 29.9 Å². The lowest BCUT2D eigenvalue weighted by molar-refractivity contribution is 0.245. The van der Waals surface area contributed by atoms with Crippen LogP contribution in [-0.2, 0) is 6.42 Å². The topological polar surface area (TPSA) is 65.9 Å². The van der Waals surface area contributed by atoms with Gasteiger partial charge in [-0.05, 0) is 62.1 Å². The van der Waals surface area contributed by atoms with Crippen LogP contribution in [0.15, 0.2) is 29.3 Å². The fourth-order valence-corrected chi connectivity index (χ4v) is 2.99. The molecular weight excluding hydrogens is 453 g/mol. The number of methoxy groups -OCH3 is 1. The highest BCUT2D eigenvalue weighted by Gasteiger charge is 2.10. The van der Waals surface area contributed by atoms with Crippen LogP contribution < -0.4 is 15.4 Å². The molecule has 0 aliphatic carbocycles. The minimum atomic E-state index is 0. The van der Waals surface area contributed by atoms with Gasteiger partial charge in [-0.2, -0.15) is 0 Å². The molecule has 1 aromatic rings. The van der Waals surface area contributed by atoms with E-state index >= 15 is 0 Å². The first kappa shape index (κ1) is 26.0. The second-order valence-corrected chi connectivity index (χ2v) is 7.11. The van der Waals surface area contributed by atoms with Crippen LogP contribution in [0.3, 0.4) is 0 Å². The fraction of sp³-hybridized carbons (Fsp3) is 0.667. The van der Waals surface area contributed by atoms with Crippen molar-refractivity contribution in [3.63, 3.8) is 0 Å². The van der Waals surface area contributed by atoms with E-state index in [0.717, 1.165) is 57.0 Å². The normalized spacial score (nSPS) is 12.4. The highest BCUT2D eigenvalue weighted by Crippen LogP contribution is 2.15. The van der Waals surface area contributed by atoms with Gasteiger partial charge < -0.3 is 20.5 Å². The molecule has 0 saturated carbocycles. The molecule has 0 aromatic heterocycles. The lowest BCUT2D eigenvalue weighted by Gasteiger charge is -2.17. The number of guanidine groups is 1. The Morgan fingerprint density at radius 2 is 1.89 bits per heavy atom. The van der Waals surface area contributed by atoms with Crippen molar-refractivity contribution in [1.29, 1.82) is 0 Å². The van der Waals surface area contributed by atoms with E-state index in [1.165, 1.54) is 5.56 Å². The predicted molar refractivity (Wildman–Crippen MR) is 125 cm³/mol. The Hall–Kier alpha value is -1.02. The molecule has 5 nitrogen and oxygen atoms in total. The minimum Gasteiger partial charge on any atom is -0.497 e. The lowest BCUT2D eigenvalue weighted by atomic mass is 9.94. The van der Waals surface area contributed by atoms with E-state index < -0.39 is 0 Å². The van der Waals surface area contributed by atoms with E-state index in [1.54, 1.807) is 7.11 Å². The summed E-state index contributed by atoms with van der Waals surface area (Å²) in [5.41, 5.74) is 1.31. The molecule has 1 atom stereocenters. The van der Waals surface area contributed by atoms with E-state index in [-0.39, 0.29) is 30.6 Å². The number of nitrogens with zero attached hydrogens (tertiary/aromatic N) is 1. The summed E-state index contributed by atoms with van der Waals surface area (Å²) in [4.78, 5) is 4.72. The third-order valence-corrected chi connectivity index (χ3v) is 4.29. The van der Waals surface area contributed by atoms with Gasteiger partial charge in [0.25, 0.3) is 0 Å². The lowest BCUT2D eigenvalue weighted by Crippen LogP contribution is -2.38. The van der Waals surface area contributed by atoms with E-state index in [9.17, 15) is 5.11 Å². The molecule has 27 heavy (non-hydrogen) atoms. The SMILES string of the molecule is CCNC(=NCC(CCO)CC(C)C)NCCCc1ccc(OC)cc1.I. The first-order valence-electron chi connectivity index (χ1n) is 9.85. The Labute approximate surface area is 182 Å². The van der Waals surface area contributed by atoms with E-state index in [4.69, 9.17) is 9.73 Å². The number of hydrogen-bond donors (Lipinski definition) is 3. The van der Waals surface area contributed by atoms with Crippen molar-refractivity contribution in [3.05, 3.63) is 29.8 Å². The van der Waals surface area contributed by atoms with Crippen molar-refractivity contribution in [1.82, 2.24) is 10.6 Å². The van der Waals surface area contributed by atoms with Crippen LogP contribution in [0, 0.1) is 11.8 Å². The monoisotopic (exact) mass is 491 g/mol. The van der Waals surface area contributed by atoms with Crippen LogP contribution in [0.5, 0.6) is 5.75 Å². The van der Waals surface area contributed by atoms with Gasteiger partial charge in [0.15, 0.2) is 5.96 Å². The standard InChI is InChI=1S/C21H37N3O2.HI/c1-5-22-21(24-16-19(12-14-25)15-17(2)3)23-13-6-7-18-8-10-20(26-4)11-9-18;/h8-11,17,19,25H,5-7,12-16H2,1-4H3,(H2,22,23,24);1H. The Bertz CT molecular complexity index is 507. The third kappa shape index (κ3) is 12.1. The maximum atomic E-state index is 9.25. The summed E-state index contributed by atoms with van der Waals surface area (Å²) in [6.07, 6.45) is 3.99. The summed E-state index contributed by atoms with van der Waals surface area (Å²) in [5.74, 6) is 2.83. The second-order valence-electron chi connectivity index (χ2n) is 7.11. The summed E-state index contributed by atoms with van der Waals surface area (Å²) in [7, 11) is 1.69. The average Bonchev–Trinajstić information content (AvgIpc) is 2.63. The Balaban J connectivity index is 0.00000676. The Kier molecular flexibility index (Phi) is 15.4. The van der Waals surface area contributed by atoms with Gasteiger partial charge in [-0.15, -0.1) is 24.0 Å². The molecule has 0 fully saturated rings. The molecule has 0 saturated heterocycles. The smallest absolute Gasteiger partial charge is 0.191 e. The fourth-order valence-electron chi connectivity index (χ4n) is 2.99. The molecular formula is C21H38IN3O2. The van der Waals surface area contributed by atoms with E-state index in [0.29, 0.717) is 11.8 Å². The summed E-state index contributed by atoms with van der Waals surface area (Å²) in [6, 6.07) is 8.24. The molecule has 6 heteroatoms. The number of halogens is 1. The molecule has 1 unspecified atom stereocenters. The number of aryl methyl sites for hydroxylation is 1. The highest BCUT2D eigenvalue weighted by atomic mass is 127. The average molecular weight is 491 g/mol. The van der Waals surface area contributed by atoms with Crippen molar-refractivity contribution in [3.8, 4) is 5.75 Å². The maximum Gasteiger partial charge on any atom is 0.191 e. The molecule has 0 aliphatic heterocycles. The molecule has 0 amide bonds. The number of benzene rings is 1. The van der Waals surface area contributed by atoms with Crippen LogP contribution in [-0.4, -0.2) is 44.4 Å². The van der Waals surface area contributed by atoms with Crippen LogP contribution in [0.2, 0.25) is 0 Å². The molecule has 156 valence electrons. The number of rotatable bonds is 12. The summed E-state index contributed by atoms with van der Waals surface area (Å²) in [6.45, 7) is 9.23. The number of hydrogen-bond acceptors (Lipinski definition) is 3. The molecule has 0 spiro atoms. The number of aliphatic hydroxyl groups is 1. The zero-order valence-corrected chi connectivity index (χ0v) is 19.7. The quantitative estimate of drug-likeness (QED) is 0.180. The number of ether oxygens (including phenoxy) is 1. The minimum absolute atomic E-state index is 0. The van der Waals surface area contributed by atoms with Gasteiger partial charge in [-0.25, -0.2) is 0 Å². The molecule has 0 bridgehead atoms. The number of nitrogens with one attached hydrogen (secondary N) is 2. The van der Waals surface area contributed by atoms with Crippen LogP contribution >= 0.6 is 24.0 Å². The van der Waals surface area contributed by atoms with Gasteiger partial charge >= 0.3 is 0 Å². The van der Waals surface area contributed by atoms with Crippen LogP contribution in [0.4, 0.5) is 0 Å². The molecule has 0 heterocycles. The van der Waals surface area contributed by atoms with Crippen LogP contribution in [0.1, 0.15) is 45.6 Å². The summed E-state index contributed by atoms with van der Waals surface area (Å²) in [5, 5.41) is 16.0. The molecule has 0 radical (unpaired) electrons. The largest absolute Gasteiger partial charge is 0.497 e. The van der Waals surface area contributed by atoms with E-state index in [1.807, 2.05) is 12.1 Å². The van der Waals surface area contributed by atoms with Crippen molar-refractivity contribution in [2.45, 2.75) is 46.5 Å². The van der Waals surface area contributed by atoms with Crippen molar-refractivity contribution < 1.29 is 9.84 Å². The van der Waals surface area contributed by atoms with E-state index in [2.05, 4.69) is 43.5 Å². The zero-order chi connectivity index (χ0) is 19.2. The molecule has 1 aromatic carbocycles. The Morgan fingerprint density at radius 1 is 1.19 bits per heavy atom. The maximum absolute atomic E-state index is 9.25. The van der Waals surface area contributed by atoms with Gasteiger partial charge in [0.05, 0.1) is 7.11 Å². The summed E-state index contributed by atoms with van der Waals surface area (Å²) < 4.78 is 5.19. The van der Waals surface area contributed by atoms with Crippen molar-refractivity contribution in [2.24, 2.45) is 16.8 Å². The molecule has 3 N–H and O–H groups in total. The van der Waals surface area contributed by atoms with Crippen LogP contribution in [0.25, 0.3) is 0 Å². The number of aliphatic hydroxyl groups excluding tert-OH is 1. The van der Waals surface area contributed by atoms with Gasteiger partial charge in [-0.3, -0.25) is 4.99 Å². The number of aliphatic imine (C=N–C) groups is 1. The predicted octanol–water partition coefficient (Wildman–Crippen LogP) is 3.85. The first-order valence-corrected chi connectivity index (χ1v) is 9.85. The second kappa shape index (κ2) is 16.0. The Morgan fingerprint density at radius 3 is 2.44 bits per heavy atom. The van der Waals surface area contributed by atoms with Gasteiger partial charge in [0, 0.05) is 26.2 Å². The summed E-state index contributed by atoms with van der Waals surface area (Å²) >= 11 is 0. The van der Waals surface area contributed by atoms with Gasteiger partial charge in [-0.1, -0.05) is 26.0 Å². The van der Waals surface area contributed by atoms with Gasteiger partial charge in [0.1, 0.15) is 5.75 Å². The molecule has 0 aliphatic rings.